The lowest BCUT2D eigenvalue weighted by Gasteiger charge is -2.31. The average Bonchev–Trinajstić information content (AvgIpc) is 3.39. The zero-order valence-corrected chi connectivity index (χ0v) is 16.6. The van der Waals surface area contributed by atoms with Gasteiger partial charge in [-0.3, -0.25) is 0 Å². The summed E-state index contributed by atoms with van der Waals surface area (Å²) >= 11 is 0. The van der Waals surface area contributed by atoms with E-state index in [9.17, 15) is 4.79 Å². The largest absolute Gasteiger partial charge is 0.422 e. The zero-order chi connectivity index (χ0) is 20.0. The van der Waals surface area contributed by atoms with Gasteiger partial charge in [0, 0.05) is 17.8 Å². The SMILES string of the molecule is CC(C)c1nnc(C2CN(C(=O)Nc3ccc4c5c(cccc35)CC4)CCO2)o1. The van der Waals surface area contributed by atoms with Crippen molar-refractivity contribution in [2.45, 2.75) is 38.7 Å². The molecule has 1 atom stereocenters. The highest BCUT2D eigenvalue weighted by atomic mass is 16.5. The predicted molar refractivity (Wildman–Crippen MR) is 109 cm³/mol. The predicted octanol–water partition coefficient (Wildman–Crippen LogP) is 4.05. The van der Waals surface area contributed by atoms with Gasteiger partial charge in [-0.1, -0.05) is 38.1 Å². The van der Waals surface area contributed by atoms with E-state index in [4.69, 9.17) is 9.15 Å². The van der Waals surface area contributed by atoms with Crippen LogP contribution in [0, 0.1) is 0 Å². The number of hydrogen-bond donors (Lipinski definition) is 1. The molecule has 29 heavy (non-hydrogen) atoms. The van der Waals surface area contributed by atoms with Crippen molar-refractivity contribution in [2.24, 2.45) is 0 Å². The Morgan fingerprint density at radius 1 is 1.17 bits per heavy atom. The Hall–Kier alpha value is -2.93. The monoisotopic (exact) mass is 392 g/mol. The van der Waals surface area contributed by atoms with Crippen LogP contribution < -0.4 is 5.32 Å². The van der Waals surface area contributed by atoms with Gasteiger partial charge in [0.1, 0.15) is 0 Å². The van der Waals surface area contributed by atoms with E-state index >= 15 is 0 Å². The Bertz CT molecular complexity index is 1060. The molecule has 7 heteroatoms. The molecule has 2 aliphatic rings. The standard InChI is InChI=1S/C22H24N4O3/c1-13(2)20-24-25-21(29-20)18-12-26(10-11-28-18)22(27)23-17-9-8-15-7-6-14-4-3-5-16(17)19(14)15/h3-5,8-9,13,18H,6-7,10-12H2,1-2H3,(H,23,27). The Labute approximate surface area is 169 Å². The third kappa shape index (κ3) is 3.25. The number of aryl methyl sites for hydroxylation is 2. The van der Waals surface area contributed by atoms with Crippen LogP contribution in [0.25, 0.3) is 10.8 Å². The van der Waals surface area contributed by atoms with Gasteiger partial charge >= 0.3 is 6.03 Å². The Morgan fingerprint density at radius 2 is 2.00 bits per heavy atom. The maximum Gasteiger partial charge on any atom is 0.322 e. The van der Waals surface area contributed by atoms with Gasteiger partial charge in [0.2, 0.25) is 11.8 Å². The summed E-state index contributed by atoms with van der Waals surface area (Å²) in [5, 5.41) is 13.7. The molecule has 1 aliphatic heterocycles. The third-order valence-corrected chi connectivity index (χ3v) is 5.70. The molecule has 2 aromatic carbocycles. The first-order valence-corrected chi connectivity index (χ1v) is 10.1. The molecule has 1 aromatic heterocycles. The van der Waals surface area contributed by atoms with Crippen molar-refractivity contribution in [1.29, 1.82) is 0 Å². The number of nitrogens with zero attached hydrogens (tertiary/aromatic N) is 3. The number of benzene rings is 2. The van der Waals surface area contributed by atoms with E-state index in [2.05, 4.69) is 39.8 Å². The van der Waals surface area contributed by atoms with Crippen LogP contribution in [0.15, 0.2) is 34.7 Å². The molecule has 0 bridgehead atoms. The van der Waals surface area contributed by atoms with Crippen LogP contribution in [0.4, 0.5) is 10.5 Å². The van der Waals surface area contributed by atoms with Gasteiger partial charge in [-0.25, -0.2) is 4.79 Å². The minimum atomic E-state index is -0.401. The second-order valence-corrected chi connectivity index (χ2v) is 7.98. The molecule has 0 radical (unpaired) electrons. The summed E-state index contributed by atoms with van der Waals surface area (Å²) in [4.78, 5) is 14.7. The molecule has 0 saturated carbocycles. The molecule has 1 N–H and O–H groups in total. The maximum atomic E-state index is 13.0. The fraction of sp³-hybridized carbons (Fsp3) is 0.409. The lowest BCUT2D eigenvalue weighted by Crippen LogP contribution is -2.44. The molecular weight excluding hydrogens is 368 g/mol. The number of anilines is 1. The molecule has 1 aliphatic carbocycles. The normalized spacial score (nSPS) is 18.6. The van der Waals surface area contributed by atoms with Gasteiger partial charge in [-0.2, -0.15) is 0 Å². The smallest absolute Gasteiger partial charge is 0.322 e. The van der Waals surface area contributed by atoms with Crippen molar-refractivity contribution in [2.75, 3.05) is 25.0 Å². The van der Waals surface area contributed by atoms with Gasteiger partial charge in [-0.05, 0) is 35.4 Å². The van der Waals surface area contributed by atoms with Crippen LogP contribution in [0.5, 0.6) is 0 Å². The number of urea groups is 1. The second kappa shape index (κ2) is 7.15. The van der Waals surface area contributed by atoms with E-state index in [1.807, 2.05) is 19.9 Å². The number of morpholine rings is 1. The van der Waals surface area contributed by atoms with Crippen LogP contribution in [-0.2, 0) is 17.6 Å². The van der Waals surface area contributed by atoms with Gasteiger partial charge in [0.15, 0.2) is 6.10 Å². The molecule has 1 fully saturated rings. The number of rotatable bonds is 3. The quantitative estimate of drug-likeness (QED) is 0.727. The molecule has 7 nitrogen and oxygen atoms in total. The number of amides is 2. The number of ether oxygens (including phenoxy) is 1. The topological polar surface area (TPSA) is 80.5 Å². The molecule has 1 unspecified atom stereocenters. The maximum absolute atomic E-state index is 13.0. The van der Waals surface area contributed by atoms with Gasteiger partial charge in [-0.15, -0.1) is 10.2 Å². The number of carbonyl (C=O) groups excluding carboxylic acids is 1. The summed E-state index contributed by atoms with van der Waals surface area (Å²) in [5.41, 5.74) is 3.56. The lowest BCUT2D eigenvalue weighted by atomic mass is 10.0. The van der Waals surface area contributed by atoms with E-state index in [0.29, 0.717) is 31.5 Å². The summed E-state index contributed by atoms with van der Waals surface area (Å²) in [5.74, 6) is 1.16. The minimum absolute atomic E-state index is 0.138. The average molecular weight is 392 g/mol. The first-order chi connectivity index (χ1) is 14.1. The summed E-state index contributed by atoms with van der Waals surface area (Å²) in [7, 11) is 0. The van der Waals surface area contributed by atoms with Crippen LogP contribution in [-0.4, -0.2) is 40.8 Å². The summed E-state index contributed by atoms with van der Waals surface area (Å²) in [6.45, 7) is 5.33. The molecule has 150 valence electrons. The van der Waals surface area contributed by atoms with E-state index < -0.39 is 6.10 Å². The van der Waals surface area contributed by atoms with E-state index in [1.165, 1.54) is 16.5 Å². The fourth-order valence-electron chi connectivity index (χ4n) is 4.14. The van der Waals surface area contributed by atoms with Crippen molar-refractivity contribution in [3.05, 3.63) is 53.2 Å². The van der Waals surface area contributed by atoms with Crippen LogP contribution in [0.3, 0.4) is 0 Å². The first-order valence-electron chi connectivity index (χ1n) is 10.1. The molecule has 0 spiro atoms. The Balaban J connectivity index is 1.34. The van der Waals surface area contributed by atoms with Gasteiger partial charge < -0.3 is 19.4 Å². The highest BCUT2D eigenvalue weighted by Gasteiger charge is 2.30. The van der Waals surface area contributed by atoms with Gasteiger partial charge in [0.25, 0.3) is 0 Å². The van der Waals surface area contributed by atoms with Crippen molar-refractivity contribution in [3.8, 4) is 0 Å². The van der Waals surface area contributed by atoms with Crippen molar-refractivity contribution < 1.29 is 13.9 Å². The molecular formula is C22H24N4O3. The molecule has 3 aromatic rings. The zero-order valence-electron chi connectivity index (χ0n) is 16.6. The third-order valence-electron chi connectivity index (χ3n) is 5.70. The highest BCUT2D eigenvalue weighted by Crippen LogP contribution is 2.35. The molecule has 2 heterocycles. The van der Waals surface area contributed by atoms with E-state index in [-0.39, 0.29) is 11.9 Å². The van der Waals surface area contributed by atoms with Crippen molar-refractivity contribution in [1.82, 2.24) is 15.1 Å². The second-order valence-electron chi connectivity index (χ2n) is 7.98. The summed E-state index contributed by atoms with van der Waals surface area (Å²) in [6.07, 6.45) is 1.73. The molecule has 2 amide bonds. The van der Waals surface area contributed by atoms with Crippen LogP contribution >= 0.6 is 0 Å². The Morgan fingerprint density at radius 3 is 2.79 bits per heavy atom. The summed E-state index contributed by atoms with van der Waals surface area (Å²) < 4.78 is 11.5. The minimum Gasteiger partial charge on any atom is -0.422 e. The Kier molecular flexibility index (Phi) is 4.47. The van der Waals surface area contributed by atoms with Crippen molar-refractivity contribution in [3.63, 3.8) is 0 Å². The van der Waals surface area contributed by atoms with Crippen LogP contribution in [0.2, 0.25) is 0 Å². The first kappa shape index (κ1) is 18.1. The van der Waals surface area contributed by atoms with Crippen molar-refractivity contribution >= 4 is 22.5 Å². The van der Waals surface area contributed by atoms with Crippen LogP contribution in [0.1, 0.15) is 48.8 Å². The van der Waals surface area contributed by atoms with Gasteiger partial charge in [0.05, 0.1) is 18.8 Å². The molecule has 5 rings (SSSR count). The molecule has 1 saturated heterocycles. The van der Waals surface area contributed by atoms with E-state index in [0.717, 1.165) is 23.9 Å². The number of hydrogen-bond acceptors (Lipinski definition) is 5. The number of nitrogens with one attached hydrogen (secondary N) is 1. The summed E-state index contributed by atoms with van der Waals surface area (Å²) in [6, 6.07) is 10.3. The number of aromatic nitrogens is 2. The van der Waals surface area contributed by atoms with E-state index in [1.54, 1.807) is 4.90 Å². The lowest BCUT2D eigenvalue weighted by molar-refractivity contribution is -0.0276. The highest BCUT2D eigenvalue weighted by molar-refractivity contribution is 6.04. The number of carbonyl (C=O) groups is 1. The fourth-order valence-corrected chi connectivity index (χ4v) is 4.14.